The number of hydrogen-bond acceptors (Lipinski definition) is 3. The minimum Gasteiger partial charge on any atom is -0.388 e. The third kappa shape index (κ3) is 4.65. The van der Waals surface area contributed by atoms with Crippen LogP contribution < -0.4 is 5.32 Å². The molecule has 2 aromatic rings. The van der Waals surface area contributed by atoms with Gasteiger partial charge in [-0.05, 0) is 29.7 Å². The van der Waals surface area contributed by atoms with Crippen LogP contribution in [0.15, 0.2) is 54.6 Å². The van der Waals surface area contributed by atoms with Gasteiger partial charge in [-0.1, -0.05) is 42.5 Å². The third-order valence-electron chi connectivity index (χ3n) is 4.52. The first kappa shape index (κ1) is 17.6. The topological polar surface area (TPSA) is 58.6 Å². The molecule has 1 saturated heterocycles. The number of ether oxygens (including phenoxy) is 1. The van der Waals surface area contributed by atoms with Crippen LogP contribution in [0, 0.1) is 11.7 Å². The maximum atomic E-state index is 13.2. The van der Waals surface area contributed by atoms with Crippen LogP contribution in [0.25, 0.3) is 0 Å². The molecule has 25 heavy (non-hydrogen) atoms. The van der Waals surface area contributed by atoms with Crippen LogP contribution in [0.4, 0.5) is 4.39 Å². The lowest BCUT2D eigenvalue weighted by Gasteiger charge is -2.20. The maximum Gasteiger partial charge on any atom is 0.222 e. The van der Waals surface area contributed by atoms with E-state index in [2.05, 4.69) is 5.32 Å². The Balaban J connectivity index is 1.52. The highest BCUT2D eigenvalue weighted by atomic mass is 19.1. The highest BCUT2D eigenvalue weighted by molar-refractivity contribution is 5.76. The number of nitrogens with one attached hydrogen (secondary N) is 1. The summed E-state index contributed by atoms with van der Waals surface area (Å²) in [5.41, 5.74) is 1.51. The van der Waals surface area contributed by atoms with E-state index in [1.807, 2.05) is 30.3 Å². The van der Waals surface area contributed by atoms with Crippen molar-refractivity contribution in [1.82, 2.24) is 5.32 Å². The van der Waals surface area contributed by atoms with Crippen molar-refractivity contribution in [1.29, 1.82) is 0 Å². The number of amides is 1. The average molecular weight is 343 g/mol. The van der Waals surface area contributed by atoms with Gasteiger partial charge in [0.2, 0.25) is 5.91 Å². The van der Waals surface area contributed by atoms with Crippen molar-refractivity contribution >= 4 is 5.91 Å². The van der Waals surface area contributed by atoms with Gasteiger partial charge in [0.15, 0.2) is 0 Å². The van der Waals surface area contributed by atoms with Crippen molar-refractivity contribution in [2.24, 2.45) is 5.92 Å². The van der Waals surface area contributed by atoms with E-state index in [9.17, 15) is 14.3 Å². The summed E-state index contributed by atoms with van der Waals surface area (Å²) in [5.74, 6) is -0.473. The number of halogens is 1. The van der Waals surface area contributed by atoms with Crippen molar-refractivity contribution in [3.8, 4) is 0 Å². The van der Waals surface area contributed by atoms with Gasteiger partial charge in [-0.25, -0.2) is 4.39 Å². The predicted molar refractivity (Wildman–Crippen MR) is 92.2 cm³/mol. The zero-order valence-corrected chi connectivity index (χ0v) is 13.9. The molecule has 0 spiro atoms. The molecule has 132 valence electrons. The molecule has 0 bridgehead atoms. The first-order valence-corrected chi connectivity index (χ1v) is 8.50. The summed E-state index contributed by atoms with van der Waals surface area (Å²) < 4.78 is 19.0. The van der Waals surface area contributed by atoms with E-state index in [-0.39, 0.29) is 24.3 Å². The van der Waals surface area contributed by atoms with E-state index in [1.165, 1.54) is 18.2 Å². The lowest BCUT2D eigenvalue weighted by atomic mass is 9.95. The molecule has 0 unspecified atom stereocenters. The molecule has 0 radical (unpaired) electrons. The van der Waals surface area contributed by atoms with Crippen LogP contribution in [0.5, 0.6) is 0 Å². The Bertz CT molecular complexity index is 707. The molecule has 1 fully saturated rings. The Morgan fingerprint density at radius 3 is 2.80 bits per heavy atom. The zero-order valence-electron chi connectivity index (χ0n) is 13.9. The number of carbonyl (C=O) groups is 1. The number of aliphatic hydroxyl groups excluding tert-OH is 1. The summed E-state index contributed by atoms with van der Waals surface area (Å²) in [6, 6.07) is 15.6. The molecule has 3 atom stereocenters. The van der Waals surface area contributed by atoms with E-state index in [0.717, 1.165) is 12.0 Å². The molecule has 0 aromatic heterocycles. The zero-order chi connectivity index (χ0) is 17.6. The first-order valence-electron chi connectivity index (χ1n) is 8.50. The Hall–Kier alpha value is -2.24. The highest BCUT2D eigenvalue weighted by Gasteiger charge is 2.29. The van der Waals surface area contributed by atoms with Gasteiger partial charge in [-0.3, -0.25) is 4.79 Å². The molecule has 5 heteroatoms. The predicted octanol–water partition coefficient (Wildman–Crippen LogP) is 3.14. The fourth-order valence-electron chi connectivity index (χ4n) is 3.18. The highest BCUT2D eigenvalue weighted by Crippen LogP contribution is 2.33. The first-order chi connectivity index (χ1) is 12.1. The summed E-state index contributed by atoms with van der Waals surface area (Å²) in [6.07, 6.45) is -0.241. The fourth-order valence-corrected chi connectivity index (χ4v) is 3.18. The minimum absolute atomic E-state index is 0.0188. The van der Waals surface area contributed by atoms with Gasteiger partial charge in [-0.15, -0.1) is 0 Å². The minimum atomic E-state index is -1.01. The van der Waals surface area contributed by atoms with E-state index in [4.69, 9.17) is 4.74 Å². The van der Waals surface area contributed by atoms with Crippen LogP contribution in [0.2, 0.25) is 0 Å². The Morgan fingerprint density at radius 1 is 1.24 bits per heavy atom. The van der Waals surface area contributed by atoms with E-state index >= 15 is 0 Å². The summed E-state index contributed by atoms with van der Waals surface area (Å²) >= 11 is 0. The van der Waals surface area contributed by atoms with Gasteiger partial charge < -0.3 is 15.2 Å². The lowest BCUT2D eigenvalue weighted by molar-refractivity contribution is -0.123. The molecule has 3 rings (SSSR count). The lowest BCUT2D eigenvalue weighted by Crippen LogP contribution is -2.31. The third-order valence-corrected chi connectivity index (χ3v) is 4.52. The van der Waals surface area contributed by atoms with Crippen molar-refractivity contribution < 1.29 is 19.0 Å². The van der Waals surface area contributed by atoms with Crippen molar-refractivity contribution in [3.63, 3.8) is 0 Å². The summed E-state index contributed by atoms with van der Waals surface area (Å²) in [4.78, 5) is 12.1. The number of aliphatic hydroxyl groups is 1. The van der Waals surface area contributed by atoms with E-state index < -0.39 is 11.9 Å². The van der Waals surface area contributed by atoms with Gasteiger partial charge in [0.05, 0.1) is 18.6 Å². The molecular weight excluding hydrogens is 321 g/mol. The van der Waals surface area contributed by atoms with E-state index in [0.29, 0.717) is 18.7 Å². The fraction of sp³-hybridized carbons (Fsp3) is 0.350. The largest absolute Gasteiger partial charge is 0.388 e. The molecule has 2 N–H and O–H groups in total. The van der Waals surface area contributed by atoms with Crippen molar-refractivity contribution in [2.45, 2.75) is 25.0 Å². The van der Waals surface area contributed by atoms with E-state index in [1.54, 1.807) is 6.07 Å². The van der Waals surface area contributed by atoms with Gasteiger partial charge in [0.1, 0.15) is 5.82 Å². The second-order valence-electron chi connectivity index (χ2n) is 6.33. The quantitative estimate of drug-likeness (QED) is 0.847. The van der Waals surface area contributed by atoms with Gasteiger partial charge in [-0.2, -0.15) is 0 Å². The molecule has 0 saturated carbocycles. The molecule has 1 amide bonds. The molecule has 1 heterocycles. The Labute approximate surface area is 146 Å². The SMILES string of the molecule is O=C(C[C@H](O)c1cccc(F)c1)NC[C@H]1CCO[C@@H]1c1ccccc1. The Kier molecular flexibility index (Phi) is 5.79. The number of carbonyl (C=O) groups excluding carboxylic acids is 1. The summed E-state index contributed by atoms with van der Waals surface area (Å²) in [6.45, 7) is 1.17. The van der Waals surface area contributed by atoms with Gasteiger partial charge in [0, 0.05) is 19.1 Å². The number of hydrogen-bond donors (Lipinski definition) is 2. The smallest absolute Gasteiger partial charge is 0.222 e. The van der Waals surface area contributed by atoms with Crippen LogP contribution >= 0.6 is 0 Å². The normalized spacial score (nSPS) is 21.0. The number of benzene rings is 2. The standard InChI is InChI=1S/C20H22FNO3/c21-17-8-4-7-15(11-17)18(23)12-19(24)22-13-16-9-10-25-20(16)14-5-2-1-3-6-14/h1-8,11,16,18,20,23H,9-10,12-13H2,(H,22,24)/t16-,18+,20-/m1/s1. The molecular formula is C20H22FNO3. The molecule has 1 aliphatic rings. The second-order valence-corrected chi connectivity index (χ2v) is 6.33. The summed E-state index contributed by atoms with van der Waals surface area (Å²) in [7, 11) is 0. The van der Waals surface area contributed by atoms with Crippen molar-refractivity contribution in [2.75, 3.05) is 13.2 Å². The van der Waals surface area contributed by atoms with Crippen LogP contribution in [0.3, 0.4) is 0 Å². The average Bonchev–Trinajstić information content (AvgIpc) is 3.09. The van der Waals surface area contributed by atoms with Crippen LogP contribution in [0.1, 0.15) is 36.2 Å². The Morgan fingerprint density at radius 2 is 2.04 bits per heavy atom. The van der Waals surface area contributed by atoms with Crippen LogP contribution in [-0.4, -0.2) is 24.2 Å². The summed E-state index contributed by atoms with van der Waals surface area (Å²) in [5, 5.41) is 13.0. The molecule has 2 aromatic carbocycles. The monoisotopic (exact) mass is 343 g/mol. The molecule has 0 aliphatic carbocycles. The second kappa shape index (κ2) is 8.23. The van der Waals surface area contributed by atoms with Crippen LogP contribution in [-0.2, 0) is 9.53 Å². The molecule has 1 aliphatic heterocycles. The van der Waals surface area contributed by atoms with Gasteiger partial charge in [0.25, 0.3) is 0 Å². The van der Waals surface area contributed by atoms with Gasteiger partial charge >= 0.3 is 0 Å². The number of rotatable bonds is 6. The van der Waals surface area contributed by atoms with Crippen molar-refractivity contribution in [3.05, 3.63) is 71.5 Å². The maximum absolute atomic E-state index is 13.2. The molecule has 4 nitrogen and oxygen atoms in total.